The van der Waals surface area contributed by atoms with Gasteiger partial charge in [-0.1, -0.05) is 48.0 Å². The molecule has 1 aromatic heterocycles. The zero-order chi connectivity index (χ0) is 19.1. The van der Waals surface area contributed by atoms with Gasteiger partial charge in [-0.3, -0.25) is 4.79 Å². The number of fused-ring (bicyclic) bond motifs is 1. The SMILES string of the molecule is O=C(C1CC1)N1CCN(c2nnc(-c3ccc(Cl)cc3)c3ccccc23)CC1. The number of piperazine rings is 1. The van der Waals surface area contributed by atoms with E-state index in [4.69, 9.17) is 11.6 Å². The Morgan fingerprint density at radius 2 is 1.57 bits per heavy atom. The van der Waals surface area contributed by atoms with Gasteiger partial charge in [-0.05, 0) is 25.0 Å². The highest BCUT2D eigenvalue weighted by Gasteiger charge is 2.35. The molecular formula is C22H21ClN4O. The molecule has 2 heterocycles. The zero-order valence-electron chi connectivity index (χ0n) is 15.5. The highest BCUT2D eigenvalue weighted by molar-refractivity contribution is 6.30. The summed E-state index contributed by atoms with van der Waals surface area (Å²) in [7, 11) is 0. The van der Waals surface area contributed by atoms with Gasteiger partial charge in [0.15, 0.2) is 5.82 Å². The van der Waals surface area contributed by atoms with Gasteiger partial charge in [0.1, 0.15) is 5.69 Å². The molecule has 5 rings (SSSR count). The molecule has 0 unspecified atom stereocenters. The maximum Gasteiger partial charge on any atom is 0.225 e. The molecule has 142 valence electrons. The highest BCUT2D eigenvalue weighted by Crippen LogP contribution is 2.34. The first-order valence-electron chi connectivity index (χ1n) is 9.76. The largest absolute Gasteiger partial charge is 0.351 e. The third kappa shape index (κ3) is 3.20. The quantitative estimate of drug-likeness (QED) is 0.675. The van der Waals surface area contributed by atoms with E-state index in [2.05, 4.69) is 27.2 Å². The maximum atomic E-state index is 12.3. The molecule has 1 saturated carbocycles. The molecule has 1 aliphatic heterocycles. The summed E-state index contributed by atoms with van der Waals surface area (Å²) in [6.07, 6.45) is 2.11. The number of halogens is 1. The molecule has 2 aromatic carbocycles. The van der Waals surface area contributed by atoms with Crippen LogP contribution in [0.2, 0.25) is 5.02 Å². The number of hydrogen-bond acceptors (Lipinski definition) is 4. The summed E-state index contributed by atoms with van der Waals surface area (Å²) >= 11 is 6.03. The molecule has 0 N–H and O–H groups in total. The smallest absolute Gasteiger partial charge is 0.225 e. The Bertz CT molecular complexity index is 1020. The molecule has 6 heteroatoms. The predicted molar refractivity (Wildman–Crippen MR) is 112 cm³/mol. The Morgan fingerprint density at radius 3 is 2.25 bits per heavy atom. The highest BCUT2D eigenvalue weighted by atomic mass is 35.5. The van der Waals surface area contributed by atoms with Crippen molar-refractivity contribution in [3.05, 3.63) is 53.6 Å². The second-order valence-electron chi connectivity index (χ2n) is 7.51. The monoisotopic (exact) mass is 392 g/mol. The molecule has 3 aromatic rings. The molecule has 28 heavy (non-hydrogen) atoms. The summed E-state index contributed by atoms with van der Waals surface area (Å²) in [5.41, 5.74) is 1.86. The Labute approximate surface area is 168 Å². The number of anilines is 1. The Hall–Kier alpha value is -2.66. The number of carbonyl (C=O) groups is 1. The van der Waals surface area contributed by atoms with Gasteiger partial charge in [0.25, 0.3) is 0 Å². The van der Waals surface area contributed by atoms with Gasteiger partial charge >= 0.3 is 0 Å². The van der Waals surface area contributed by atoms with Crippen LogP contribution in [0.3, 0.4) is 0 Å². The van der Waals surface area contributed by atoms with Crippen molar-refractivity contribution in [1.29, 1.82) is 0 Å². The number of hydrogen-bond donors (Lipinski definition) is 0. The Kier molecular flexibility index (Phi) is 4.40. The number of benzene rings is 2. The van der Waals surface area contributed by atoms with Crippen molar-refractivity contribution in [2.75, 3.05) is 31.1 Å². The molecule has 1 amide bonds. The van der Waals surface area contributed by atoms with Crippen LogP contribution in [0.5, 0.6) is 0 Å². The van der Waals surface area contributed by atoms with E-state index < -0.39 is 0 Å². The number of carbonyl (C=O) groups excluding carboxylic acids is 1. The first-order valence-corrected chi connectivity index (χ1v) is 10.1. The van der Waals surface area contributed by atoms with Crippen molar-refractivity contribution >= 4 is 34.1 Å². The van der Waals surface area contributed by atoms with Crippen molar-refractivity contribution < 1.29 is 4.79 Å². The van der Waals surface area contributed by atoms with Crippen molar-refractivity contribution in [2.24, 2.45) is 5.92 Å². The van der Waals surface area contributed by atoms with Gasteiger partial charge in [-0.25, -0.2) is 0 Å². The van der Waals surface area contributed by atoms with Crippen LogP contribution in [-0.2, 0) is 4.79 Å². The minimum absolute atomic E-state index is 0.283. The standard InChI is InChI=1S/C22H21ClN4O/c23-17-9-7-15(8-10-17)20-18-3-1-2-4-19(18)21(25-24-20)26-11-13-27(14-12-26)22(28)16-5-6-16/h1-4,7-10,16H,5-6,11-14H2. The topological polar surface area (TPSA) is 49.3 Å². The fourth-order valence-electron chi connectivity index (χ4n) is 3.87. The summed E-state index contributed by atoms with van der Waals surface area (Å²) in [5.74, 6) is 1.51. The van der Waals surface area contributed by atoms with Crippen LogP contribution < -0.4 is 4.90 Å². The van der Waals surface area contributed by atoms with Gasteiger partial charge in [-0.15, -0.1) is 10.2 Å². The van der Waals surface area contributed by atoms with Crippen LogP contribution in [0.1, 0.15) is 12.8 Å². The van der Waals surface area contributed by atoms with Crippen LogP contribution in [0.25, 0.3) is 22.0 Å². The first-order chi connectivity index (χ1) is 13.7. The molecule has 0 bridgehead atoms. The Morgan fingerprint density at radius 1 is 0.893 bits per heavy atom. The lowest BCUT2D eigenvalue weighted by molar-refractivity contribution is -0.132. The molecular weight excluding hydrogens is 372 g/mol. The van der Waals surface area contributed by atoms with E-state index in [1.807, 2.05) is 41.3 Å². The van der Waals surface area contributed by atoms with Gasteiger partial charge in [0.2, 0.25) is 5.91 Å². The van der Waals surface area contributed by atoms with Crippen LogP contribution in [0.4, 0.5) is 5.82 Å². The molecule has 0 atom stereocenters. The van der Waals surface area contributed by atoms with E-state index in [9.17, 15) is 4.79 Å². The minimum Gasteiger partial charge on any atom is -0.351 e. The van der Waals surface area contributed by atoms with Gasteiger partial charge in [0, 0.05) is 53.5 Å². The fourth-order valence-corrected chi connectivity index (χ4v) is 4.00. The zero-order valence-corrected chi connectivity index (χ0v) is 16.3. The summed E-state index contributed by atoms with van der Waals surface area (Å²) < 4.78 is 0. The normalized spacial score (nSPS) is 17.2. The summed E-state index contributed by atoms with van der Waals surface area (Å²) in [4.78, 5) is 16.6. The minimum atomic E-state index is 0.283. The van der Waals surface area contributed by atoms with Crippen LogP contribution >= 0.6 is 11.6 Å². The van der Waals surface area contributed by atoms with Crippen molar-refractivity contribution in [3.63, 3.8) is 0 Å². The average molecular weight is 393 g/mol. The predicted octanol–water partition coefficient (Wildman–Crippen LogP) is 4.01. The number of amides is 1. The lowest BCUT2D eigenvalue weighted by Gasteiger charge is -2.35. The molecule has 1 saturated heterocycles. The molecule has 0 spiro atoms. The van der Waals surface area contributed by atoms with E-state index >= 15 is 0 Å². The number of rotatable bonds is 3. The summed E-state index contributed by atoms with van der Waals surface area (Å²) in [6.45, 7) is 3.09. The van der Waals surface area contributed by atoms with Gasteiger partial charge in [0.05, 0.1) is 0 Å². The van der Waals surface area contributed by atoms with Crippen molar-refractivity contribution in [2.45, 2.75) is 12.8 Å². The molecule has 5 nitrogen and oxygen atoms in total. The van der Waals surface area contributed by atoms with E-state index in [0.29, 0.717) is 10.9 Å². The van der Waals surface area contributed by atoms with Crippen molar-refractivity contribution in [1.82, 2.24) is 15.1 Å². The second-order valence-corrected chi connectivity index (χ2v) is 7.95. The van der Waals surface area contributed by atoms with E-state index in [1.54, 1.807) is 0 Å². The average Bonchev–Trinajstić information content (AvgIpc) is 3.59. The molecule has 1 aliphatic carbocycles. The third-order valence-electron chi connectivity index (χ3n) is 5.60. The van der Waals surface area contributed by atoms with Crippen molar-refractivity contribution in [3.8, 4) is 11.3 Å². The van der Waals surface area contributed by atoms with E-state index in [1.165, 1.54) is 0 Å². The lowest BCUT2D eigenvalue weighted by Crippen LogP contribution is -2.49. The number of aromatic nitrogens is 2. The molecule has 2 aliphatic rings. The van der Waals surface area contributed by atoms with Crippen LogP contribution in [-0.4, -0.2) is 47.2 Å². The Balaban J connectivity index is 1.45. The third-order valence-corrected chi connectivity index (χ3v) is 5.85. The molecule has 2 fully saturated rings. The maximum absolute atomic E-state index is 12.3. The second kappa shape index (κ2) is 7.06. The molecule has 0 radical (unpaired) electrons. The van der Waals surface area contributed by atoms with E-state index in [-0.39, 0.29) is 5.92 Å². The van der Waals surface area contributed by atoms with Crippen LogP contribution in [0, 0.1) is 5.92 Å². The van der Waals surface area contributed by atoms with E-state index in [0.717, 1.165) is 66.9 Å². The van der Waals surface area contributed by atoms with Gasteiger partial charge < -0.3 is 9.80 Å². The van der Waals surface area contributed by atoms with Crippen LogP contribution in [0.15, 0.2) is 48.5 Å². The lowest BCUT2D eigenvalue weighted by atomic mass is 10.0. The summed E-state index contributed by atoms with van der Waals surface area (Å²) in [5, 5.41) is 12.0. The fraction of sp³-hybridized carbons (Fsp3) is 0.318. The summed E-state index contributed by atoms with van der Waals surface area (Å²) in [6, 6.07) is 15.9. The van der Waals surface area contributed by atoms with Gasteiger partial charge in [-0.2, -0.15) is 0 Å². The number of nitrogens with zero attached hydrogens (tertiary/aromatic N) is 4. The first kappa shape index (κ1) is 17.4.